The van der Waals surface area contributed by atoms with E-state index in [9.17, 15) is 22.4 Å². The molecule has 0 radical (unpaired) electrons. The quantitative estimate of drug-likeness (QED) is 0.428. The van der Waals surface area contributed by atoms with E-state index in [2.05, 4.69) is 15.4 Å². The van der Waals surface area contributed by atoms with Crippen LogP contribution in [0.3, 0.4) is 0 Å². The van der Waals surface area contributed by atoms with Gasteiger partial charge in [-0.2, -0.15) is 0 Å². The minimum Gasteiger partial charge on any atom is -0.484 e. The van der Waals surface area contributed by atoms with Gasteiger partial charge in [-0.1, -0.05) is 6.07 Å². The zero-order valence-electron chi connectivity index (χ0n) is 18.6. The number of carbonyl (C=O) groups is 2. The molecule has 0 spiro atoms. The normalized spacial score (nSPS) is 10.9. The van der Waals surface area contributed by atoms with E-state index in [0.29, 0.717) is 23.5 Å². The van der Waals surface area contributed by atoms with E-state index in [1.807, 2.05) is 6.92 Å². The Morgan fingerprint density at radius 3 is 2.24 bits per heavy atom. The molecule has 3 N–H and O–H groups in total. The van der Waals surface area contributed by atoms with Crippen LogP contribution < -0.4 is 20.1 Å². The number of rotatable bonds is 9. The van der Waals surface area contributed by atoms with E-state index in [-0.39, 0.29) is 28.7 Å². The third-order valence-corrected chi connectivity index (χ3v) is 6.10. The van der Waals surface area contributed by atoms with Crippen LogP contribution in [0.5, 0.6) is 5.75 Å². The minimum atomic E-state index is -4.00. The van der Waals surface area contributed by atoms with Gasteiger partial charge in [0, 0.05) is 23.5 Å². The maximum atomic E-state index is 13.1. The lowest BCUT2D eigenvalue weighted by molar-refractivity contribution is -0.122. The molecule has 0 bridgehead atoms. The third-order valence-electron chi connectivity index (χ3n) is 4.72. The van der Waals surface area contributed by atoms with E-state index >= 15 is 0 Å². The summed E-state index contributed by atoms with van der Waals surface area (Å²) >= 11 is 0. The van der Waals surface area contributed by atoms with Crippen LogP contribution >= 0.6 is 0 Å². The van der Waals surface area contributed by atoms with Crippen LogP contribution in [0.2, 0.25) is 0 Å². The molecule has 0 saturated carbocycles. The van der Waals surface area contributed by atoms with Crippen LogP contribution in [0, 0.1) is 12.7 Å². The summed E-state index contributed by atoms with van der Waals surface area (Å²) < 4.78 is 46.3. The SMILES string of the molecule is CCNC(=O)COc1ccc(NC(=O)c2cc(S(=O)(=O)Nc3ccc(F)cc3)ccc2C)cc1. The number of ether oxygens (including phenoxy) is 1. The van der Waals surface area contributed by atoms with Crippen LogP contribution in [-0.4, -0.2) is 33.4 Å². The first-order chi connectivity index (χ1) is 16.2. The summed E-state index contributed by atoms with van der Waals surface area (Å²) in [7, 11) is -4.00. The van der Waals surface area contributed by atoms with Gasteiger partial charge in [0.2, 0.25) is 0 Å². The molecule has 0 unspecified atom stereocenters. The predicted octanol–water partition coefficient (Wildman–Crippen LogP) is 3.70. The number of halogens is 1. The Labute approximate surface area is 197 Å². The molecule has 0 atom stereocenters. The van der Waals surface area contributed by atoms with Gasteiger partial charge in [-0.05, 0) is 80.1 Å². The highest BCUT2D eigenvalue weighted by atomic mass is 32.2. The molecule has 34 heavy (non-hydrogen) atoms. The standard InChI is InChI=1S/C24H24FN3O5S/c1-3-26-23(29)15-33-20-11-9-18(10-12-20)27-24(30)22-14-21(13-4-16(22)2)34(31,32)28-19-7-5-17(25)6-8-19/h4-14,28H,3,15H2,1-2H3,(H,26,29)(H,27,30). The molecule has 178 valence electrons. The number of aryl methyl sites for hydroxylation is 1. The van der Waals surface area contributed by atoms with Crippen LogP contribution in [0.4, 0.5) is 15.8 Å². The van der Waals surface area contributed by atoms with E-state index in [1.54, 1.807) is 31.2 Å². The molecule has 0 fully saturated rings. The van der Waals surface area contributed by atoms with Gasteiger partial charge in [0.05, 0.1) is 4.90 Å². The Balaban J connectivity index is 1.71. The van der Waals surface area contributed by atoms with Gasteiger partial charge in [0.15, 0.2) is 6.61 Å². The first-order valence-electron chi connectivity index (χ1n) is 10.4. The summed E-state index contributed by atoms with van der Waals surface area (Å²) in [6.45, 7) is 3.89. The summed E-state index contributed by atoms with van der Waals surface area (Å²) in [6.07, 6.45) is 0. The zero-order valence-corrected chi connectivity index (χ0v) is 19.4. The molecule has 0 aliphatic heterocycles. The van der Waals surface area contributed by atoms with Crippen LogP contribution in [0.25, 0.3) is 0 Å². The number of nitrogens with one attached hydrogen (secondary N) is 3. The molecule has 3 rings (SSSR count). The Morgan fingerprint density at radius 2 is 1.59 bits per heavy atom. The van der Waals surface area contributed by atoms with Crippen molar-refractivity contribution in [2.45, 2.75) is 18.7 Å². The molecule has 0 aromatic heterocycles. The topological polar surface area (TPSA) is 114 Å². The second-order valence-corrected chi connectivity index (χ2v) is 8.99. The molecule has 10 heteroatoms. The molecule has 2 amide bonds. The minimum absolute atomic E-state index is 0.110. The Bertz CT molecular complexity index is 1280. The smallest absolute Gasteiger partial charge is 0.261 e. The summed E-state index contributed by atoms with van der Waals surface area (Å²) in [5.74, 6) is -0.759. The molecule has 0 aliphatic carbocycles. The number of sulfonamides is 1. The lowest BCUT2D eigenvalue weighted by Crippen LogP contribution is -2.28. The van der Waals surface area contributed by atoms with Gasteiger partial charge in [-0.25, -0.2) is 12.8 Å². The third kappa shape index (κ3) is 6.55. The van der Waals surface area contributed by atoms with E-state index in [0.717, 1.165) is 12.1 Å². The van der Waals surface area contributed by atoms with Gasteiger partial charge >= 0.3 is 0 Å². The number of carbonyl (C=O) groups excluding carboxylic acids is 2. The summed E-state index contributed by atoms with van der Waals surface area (Å²) in [5.41, 5.74) is 1.42. The van der Waals surface area contributed by atoms with Gasteiger partial charge in [-0.3, -0.25) is 14.3 Å². The molecular formula is C24H24FN3O5S. The lowest BCUT2D eigenvalue weighted by atomic mass is 10.1. The molecule has 0 heterocycles. The highest BCUT2D eigenvalue weighted by Gasteiger charge is 2.18. The lowest BCUT2D eigenvalue weighted by Gasteiger charge is -2.12. The van der Waals surface area contributed by atoms with Crippen molar-refractivity contribution in [3.05, 3.63) is 83.7 Å². The van der Waals surface area contributed by atoms with E-state index in [4.69, 9.17) is 4.74 Å². The second kappa shape index (κ2) is 10.8. The summed E-state index contributed by atoms with van der Waals surface area (Å²) in [5, 5.41) is 5.34. The summed E-state index contributed by atoms with van der Waals surface area (Å²) in [6, 6.07) is 15.5. The summed E-state index contributed by atoms with van der Waals surface area (Å²) in [4.78, 5) is 24.2. The predicted molar refractivity (Wildman–Crippen MR) is 127 cm³/mol. The number of likely N-dealkylation sites (N-methyl/N-ethyl adjacent to an activating group) is 1. The molecule has 3 aromatic rings. The van der Waals surface area contributed by atoms with E-state index in [1.165, 1.54) is 30.3 Å². The highest BCUT2D eigenvalue weighted by molar-refractivity contribution is 7.92. The number of hydrogen-bond acceptors (Lipinski definition) is 5. The monoisotopic (exact) mass is 485 g/mol. The number of amides is 2. The maximum absolute atomic E-state index is 13.1. The van der Waals surface area contributed by atoms with Gasteiger partial charge < -0.3 is 15.4 Å². The van der Waals surface area contributed by atoms with Crippen molar-refractivity contribution < 1.29 is 27.1 Å². The number of benzene rings is 3. The first-order valence-corrected chi connectivity index (χ1v) is 11.9. The van der Waals surface area contributed by atoms with Gasteiger partial charge in [0.1, 0.15) is 11.6 Å². The molecule has 8 nitrogen and oxygen atoms in total. The van der Waals surface area contributed by atoms with Crippen molar-refractivity contribution in [2.75, 3.05) is 23.2 Å². The number of anilines is 2. The zero-order chi connectivity index (χ0) is 24.7. The highest BCUT2D eigenvalue weighted by Crippen LogP contribution is 2.22. The Kier molecular flexibility index (Phi) is 7.85. The van der Waals surface area contributed by atoms with Crippen LogP contribution in [0.1, 0.15) is 22.8 Å². The average Bonchev–Trinajstić information content (AvgIpc) is 2.80. The van der Waals surface area contributed by atoms with Crippen molar-refractivity contribution >= 4 is 33.2 Å². The molecule has 3 aromatic carbocycles. The van der Waals surface area contributed by atoms with Crippen molar-refractivity contribution in [1.82, 2.24) is 5.32 Å². The van der Waals surface area contributed by atoms with Crippen LogP contribution in [-0.2, 0) is 14.8 Å². The second-order valence-electron chi connectivity index (χ2n) is 7.31. The average molecular weight is 486 g/mol. The van der Waals surface area contributed by atoms with Crippen molar-refractivity contribution in [3.8, 4) is 5.75 Å². The van der Waals surface area contributed by atoms with Crippen LogP contribution in [0.15, 0.2) is 71.6 Å². The molecular weight excluding hydrogens is 461 g/mol. The number of hydrogen-bond donors (Lipinski definition) is 3. The molecule has 0 saturated heterocycles. The fraction of sp³-hybridized carbons (Fsp3) is 0.167. The first kappa shape index (κ1) is 24.7. The Morgan fingerprint density at radius 1 is 0.941 bits per heavy atom. The maximum Gasteiger partial charge on any atom is 0.261 e. The van der Waals surface area contributed by atoms with Crippen molar-refractivity contribution in [3.63, 3.8) is 0 Å². The van der Waals surface area contributed by atoms with Gasteiger partial charge in [-0.15, -0.1) is 0 Å². The Hall–Kier alpha value is -3.92. The largest absolute Gasteiger partial charge is 0.484 e. The fourth-order valence-corrected chi connectivity index (χ4v) is 4.06. The van der Waals surface area contributed by atoms with Gasteiger partial charge in [0.25, 0.3) is 21.8 Å². The van der Waals surface area contributed by atoms with Crippen molar-refractivity contribution in [1.29, 1.82) is 0 Å². The fourth-order valence-electron chi connectivity index (χ4n) is 2.97. The van der Waals surface area contributed by atoms with E-state index < -0.39 is 21.7 Å². The molecule has 0 aliphatic rings. The van der Waals surface area contributed by atoms with Crippen molar-refractivity contribution in [2.24, 2.45) is 0 Å².